The predicted octanol–water partition coefficient (Wildman–Crippen LogP) is 4.38. The molecule has 2 aliphatic heterocycles. The fourth-order valence-corrected chi connectivity index (χ4v) is 4.02. The van der Waals surface area contributed by atoms with Gasteiger partial charge >= 0.3 is 6.03 Å². The lowest BCUT2D eigenvalue weighted by Gasteiger charge is -2.32. The number of benzene rings is 2. The maximum Gasteiger partial charge on any atom is 0.321 e. The Kier molecular flexibility index (Phi) is 4.86. The van der Waals surface area contributed by atoms with Gasteiger partial charge in [0.05, 0.1) is 12.1 Å². The topological polar surface area (TPSA) is 63.7 Å². The number of hydrogen-bond acceptors (Lipinski definition) is 4. The minimum absolute atomic E-state index is 0.0277. The average Bonchev–Trinajstić information content (AvgIpc) is 3.22. The summed E-state index contributed by atoms with van der Waals surface area (Å²) in [7, 11) is 0. The predicted molar refractivity (Wildman–Crippen MR) is 112 cm³/mol. The standard InChI is InChI=1S/C23H22FN3O3/c24-16-1-3-20-19(14-16)22(5-9-25-20)30-18-6-10-27(11-7-18)23(28)26-17-2-4-21-15(13-17)8-12-29-21/h1-5,9,13-14,18H,6-8,10-12H2,(H,26,28). The molecular formula is C23H22FN3O3. The molecule has 0 atom stereocenters. The molecule has 2 amide bonds. The summed E-state index contributed by atoms with van der Waals surface area (Å²) in [5.74, 6) is 1.21. The summed E-state index contributed by atoms with van der Waals surface area (Å²) in [6.07, 6.45) is 3.93. The van der Waals surface area contributed by atoms with Gasteiger partial charge in [0, 0.05) is 49.6 Å². The number of carbonyl (C=O) groups excluding carboxylic acids is 1. The first kappa shape index (κ1) is 18.7. The third-order valence-corrected chi connectivity index (χ3v) is 5.63. The zero-order valence-electron chi connectivity index (χ0n) is 16.4. The van der Waals surface area contributed by atoms with Crippen molar-refractivity contribution in [2.24, 2.45) is 0 Å². The smallest absolute Gasteiger partial charge is 0.321 e. The Hall–Kier alpha value is -3.35. The second kappa shape index (κ2) is 7.82. The Morgan fingerprint density at radius 1 is 1.17 bits per heavy atom. The highest BCUT2D eigenvalue weighted by atomic mass is 19.1. The summed E-state index contributed by atoms with van der Waals surface area (Å²) in [6.45, 7) is 1.89. The largest absolute Gasteiger partial charge is 0.493 e. The quantitative estimate of drug-likeness (QED) is 0.700. The third kappa shape index (κ3) is 3.75. The molecule has 1 aromatic heterocycles. The Balaban J connectivity index is 1.19. The number of halogens is 1. The molecule has 6 nitrogen and oxygen atoms in total. The maximum atomic E-state index is 13.6. The highest BCUT2D eigenvalue weighted by molar-refractivity contribution is 5.89. The Morgan fingerprint density at radius 3 is 2.90 bits per heavy atom. The van der Waals surface area contributed by atoms with E-state index in [1.165, 1.54) is 12.1 Å². The van der Waals surface area contributed by atoms with Crippen LogP contribution in [0.4, 0.5) is 14.9 Å². The molecule has 3 heterocycles. The lowest BCUT2D eigenvalue weighted by molar-refractivity contribution is 0.117. The average molecular weight is 407 g/mol. The fraction of sp³-hybridized carbons (Fsp3) is 0.304. The SMILES string of the molecule is O=C(Nc1ccc2c(c1)CCO2)N1CCC(Oc2ccnc3ccc(F)cc23)CC1. The fourth-order valence-electron chi connectivity index (χ4n) is 4.02. The highest BCUT2D eigenvalue weighted by Gasteiger charge is 2.25. The molecule has 1 fully saturated rings. The molecular weight excluding hydrogens is 385 g/mol. The number of nitrogens with one attached hydrogen (secondary N) is 1. The minimum Gasteiger partial charge on any atom is -0.493 e. The number of urea groups is 1. The van der Waals surface area contributed by atoms with E-state index in [4.69, 9.17) is 9.47 Å². The van der Waals surface area contributed by atoms with E-state index in [1.54, 1.807) is 23.2 Å². The molecule has 1 N–H and O–H groups in total. The van der Waals surface area contributed by atoms with Crippen LogP contribution in [0.1, 0.15) is 18.4 Å². The number of hydrogen-bond donors (Lipinski definition) is 1. The number of anilines is 1. The minimum atomic E-state index is -0.315. The number of carbonyl (C=O) groups is 1. The molecule has 0 saturated carbocycles. The number of fused-ring (bicyclic) bond motifs is 2. The van der Waals surface area contributed by atoms with Gasteiger partial charge in [-0.15, -0.1) is 0 Å². The number of likely N-dealkylation sites (tertiary alicyclic amines) is 1. The van der Waals surface area contributed by atoms with Gasteiger partial charge in [0.25, 0.3) is 0 Å². The zero-order chi connectivity index (χ0) is 20.5. The van der Waals surface area contributed by atoms with Crippen molar-refractivity contribution in [3.05, 3.63) is 60.0 Å². The normalized spacial score (nSPS) is 16.2. The summed E-state index contributed by atoms with van der Waals surface area (Å²) in [5, 5.41) is 3.64. The van der Waals surface area contributed by atoms with E-state index in [0.29, 0.717) is 49.2 Å². The van der Waals surface area contributed by atoms with Crippen molar-refractivity contribution in [1.29, 1.82) is 0 Å². The molecule has 3 aromatic rings. The van der Waals surface area contributed by atoms with Crippen molar-refractivity contribution in [2.75, 3.05) is 25.0 Å². The maximum absolute atomic E-state index is 13.6. The second-order valence-electron chi connectivity index (χ2n) is 7.63. The van der Waals surface area contributed by atoms with E-state index >= 15 is 0 Å². The lowest BCUT2D eigenvalue weighted by atomic mass is 10.1. The molecule has 7 heteroatoms. The first-order valence-electron chi connectivity index (χ1n) is 10.2. The van der Waals surface area contributed by atoms with Gasteiger partial charge in [0.15, 0.2) is 0 Å². The van der Waals surface area contributed by atoms with Gasteiger partial charge in [-0.25, -0.2) is 9.18 Å². The van der Waals surface area contributed by atoms with Crippen molar-refractivity contribution in [1.82, 2.24) is 9.88 Å². The van der Waals surface area contributed by atoms with E-state index in [0.717, 1.165) is 23.4 Å². The molecule has 30 heavy (non-hydrogen) atoms. The molecule has 0 radical (unpaired) electrons. The number of pyridine rings is 1. The summed E-state index contributed by atoms with van der Waals surface area (Å²) in [4.78, 5) is 18.7. The molecule has 2 aliphatic rings. The van der Waals surface area contributed by atoms with E-state index in [1.807, 2.05) is 18.2 Å². The van der Waals surface area contributed by atoms with Crippen molar-refractivity contribution >= 4 is 22.6 Å². The monoisotopic (exact) mass is 407 g/mol. The van der Waals surface area contributed by atoms with Gasteiger partial charge in [-0.05, 0) is 48.0 Å². The first-order chi connectivity index (χ1) is 14.7. The molecule has 0 unspecified atom stereocenters. The van der Waals surface area contributed by atoms with E-state index < -0.39 is 0 Å². The Morgan fingerprint density at radius 2 is 2.03 bits per heavy atom. The Labute approximate surface area is 173 Å². The van der Waals surface area contributed by atoms with Crippen LogP contribution in [0.15, 0.2) is 48.7 Å². The number of rotatable bonds is 3. The van der Waals surface area contributed by atoms with Gasteiger partial charge in [-0.1, -0.05) is 0 Å². The number of piperidine rings is 1. The van der Waals surface area contributed by atoms with Crippen LogP contribution in [0.3, 0.4) is 0 Å². The van der Waals surface area contributed by atoms with Gasteiger partial charge in [0.2, 0.25) is 0 Å². The molecule has 1 saturated heterocycles. The number of aromatic nitrogens is 1. The highest BCUT2D eigenvalue weighted by Crippen LogP contribution is 2.29. The van der Waals surface area contributed by atoms with Crippen molar-refractivity contribution in [3.8, 4) is 11.5 Å². The van der Waals surface area contributed by atoms with Crippen LogP contribution in [0.25, 0.3) is 10.9 Å². The van der Waals surface area contributed by atoms with Gasteiger partial charge < -0.3 is 19.7 Å². The number of nitrogens with zero attached hydrogens (tertiary/aromatic N) is 2. The molecule has 0 aliphatic carbocycles. The molecule has 2 aromatic carbocycles. The van der Waals surface area contributed by atoms with Crippen LogP contribution in [0, 0.1) is 5.82 Å². The first-order valence-corrected chi connectivity index (χ1v) is 10.2. The van der Waals surface area contributed by atoms with Crippen LogP contribution >= 0.6 is 0 Å². The van der Waals surface area contributed by atoms with Crippen molar-refractivity contribution in [3.63, 3.8) is 0 Å². The molecule has 0 spiro atoms. The summed E-state index contributed by atoms with van der Waals surface area (Å²) < 4.78 is 25.3. The van der Waals surface area contributed by atoms with E-state index in [2.05, 4.69) is 10.3 Å². The summed E-state index contributed by atoms with van der Waals surface area (Å²) in [6, 6.07) is 11.9. The van der Waals surface area contributed by atoms with Crippen LogP contribution in [0.2, 0.25) is 0 Å². The van der Waals surface area contributed by atoms with Gasteiger partial charge in [0.1, 0.15) is 23.4 Å². The molecule has 5 rings (SSSR count). The number of ether oxygens (including phenoxy) is 2. The second-order valence-corrected chi connectivity index (χ2v) is 7.63. The van der Waals surface area contributed by atoms with E-state index in [9.17, 15) is 9.18 Å². The van der Waals surface area contributed by atoms with Crippen LogP contribution in [0.5, 0.6) is 11.5 Å². The summed E-state index contributed by atoms with van der Waals surface area (Å²) in [5.41, 5.74) is 2.61. The van der Waals surface area contributed by atoms with Gasteiger partial charge in [-0.3, -0.25) is 4.98 Å². The molecule has 154 valence electrons. The van der Waals surface area contributed by atoms with Gasteiger partial charge in [-0.2, -0.15) is 0 Å². The lowest BCUT2D eigenvalue weighted by Crippen LogP contribution is -2.43. The number of amides is 2. The van der Waals surface area contributed by atoms with Crippen molar-refractivity contribution in [2.45, 2.75) is 25.4 Å². The van der Waals surface area contributed by atoms with Crippen LogP contribution in [-0.2, 0) is 6.42 Å². The van der Waals surface area contributed by atoms with E-state index in [-0.39, 0.29) is 18.0 Å². The Bertz CT molecular complexity index is 1100. The van der Waals surface area contributed by atoms with Crippen LogP contribution < -0.4 is 14.8 Å². The third-order valence-electron chi connectivity index (χ3n) is 5.63. The molecule has 0 bridgehead atoms. The summed E-state index contributed by atoms with van der Waals surface area (Å²) >= 11 is 0. The zero-order valence-corrected chi connectivity index (χ0v) is 16.4. The van der Waals surface area contributed by atoms with Crippen LogP contribution in [-0.4, -0.2) is 41.7 Å². The van der Waals surface area contributed by atoms with Crippen molar-refractivity contribution < 1.29 is 18.7 Å².